The maximum Gasteiger partial charge on any atom is 0.332 e. The highest BCUT2D eigenvalue weighted by molar-refractivity contribution is 6.16. The molecule has 2 aromatic carbocycles. The summed E-state index contributed by atoms with van der Waals surface area (Å²) in [6, 6.07) is 13.6. The number of benzene rings is 2. The number of amides is 4. The molecule has 4 amide bonds. The van der Waals surface area contributed by atoms with Crippen molar-refractivity contribution in [3.8, 4) is 11.1 Å². The number of fused-ring (bicyclic) bond motifs is 3. The van der Waals surface area contributed by atoms with Crippen molar-refractivity contribution in [2.75, 3.05) is 26.1 Å². The van der Waals surface area contributed by atoms with Crippen LogP contribution in [0.2, 0.25) is 0 Å². The molecule has 8 nitrogen and oxygen atoms in total. The molecular weight excluding hydrogens is 398 g/mol. The van der Waals surface area contributed by atoms with Gasteiger partial charge in [0.15, 0.2) is 0 Å². The fraction of sp³-hybridized carbons (Fsp3) is 0.217. The molecule has 1 saturated heterocycles. The highest BCUT2D eigenvalue weighted by atomic mass is 16.5. The molecule has 0 N–H and O–H groups in total. The molecule has 1 unspecified atom stereocenters. The highest BCUT2D eigenvalue weighted by Crippen LogP contribution is 2.48. The minimum Gasteiger partial charge on any atom is -0.466 e. The van der Waals surface area contributed by atoms with Crippen LogP contribution in [0.5, 0.6) is 0 Å². The van der Waals surface area contributed by atoms with Crippen LogP contribution in [0.25, 0.3) is 11.1 Å². The standard InChI is InChI=1S/C23H21N3O5/c1-24-21(28)19(22(29)25(2)23(24)30)20-16-10-5-4-8-14(16)15-9-6-7-11-17(15)26(20)13-12-18(27)31-3/h4-13,19-20H,1-3H3/b13-12+. The summed E-state index contributed by atoms with van der Waals surface area (Å²) in [5, 5.41) is 0. The van der Waals surface area contributed by atoms with Crippen molar-refractivity contribution in [3.63, 3.8) is 0 Å². The van der Waals surface area contributed by atoms with E-state index in [1.807, 2.05) is 48.5 Å². The number of hydrogen-bond acceptors (Lipinski definition) is 6. The fourth-order valence-corrected chi connectivity index (χ4v) is 4.16. The molecule has 0 aliphatic carbocycles. The number of barbiturate groups is 1. The Balaban J connectivity index is 1.94. The van der Waals surface area contributed by atoms with Gasteiger partial charge in [-0.05, 0) is 17.2 Å². The summed E-state index contributed by atoms with van der Waals surface area (Å²) in [6.07, 6.45) is 2.76. The van der Waals surface area contributed by atoms with E-state index >= 15 is 0 Å². The number of para-hydroxylation sites is 1. The van der Waals surface area contributed by atoms with Crippen LogP contribution in [0.3, 0.4) is 0 Å². The summed E-state index contributed by atoms with van der Waals surface area (Å²) >= 11 is 0. The van der Waals surface area contributed by atoms with Gasteiger partial charge in [-0.1, -0.05) is 42.5 Å². The first-order chi connectivity index (χ1) is 14.9. The van der Waals surface area contributed by atoms with Crippen LogP contribution in [-0.4, -0.2) is 54.8 Å². The van der Waals surface area contributed by atoms with Gasteiger partial charge in [-0.25, -0.2) is 9.59 Å². The van der Waals surface area contributed by atoms with Crippen molar-refractivity contribution < 1.29 is 23.9 Å². The molecule has 0 saturated carbocycles. The van der Waals surface area contributed by atoms with E-state index in [1.165, 1.54) is 33.5 Å². The quantitative estimate of drug-likeness (QED) is 0.432. The normalized spacial score (nSPS) is 19.0. The van der Waals surface area contributed by atoms with E-state index in [4.69, 9.17) is 4.74 Å². The molecule has 8 heteroatoms. The lowest BCUT2D eigenvalue weighted by molar-refractivity contribution is -0.148. The largest absolute Gasteiger partial charge is 0.466 e. The van der Waals surface area contributed by atoms with Gasteiger partial charge < -0.3 is 9.64 Å². The minimum atomic E-state index is -1.18. The first kappa shape index (κ1) is 20.3. The van der Waals surface area contributed by atoms with Crippen LogP contribution in [-0.2, 0) is 19.1 Å². The second-order valence-electron chi connectivity index (χ2n) is 7.35. The number of carbonyl (C=O) groups is 4. The summed E-state index contributed by atoms with van der Waals surface area (Å²) in [7, 11) is 3.99. The summed E-state index contributed by atoms with van der Waals surface area (Å²) in [5.74, 6) is -2.93. The molecule has 0 radical (unpaired) electrons. The average Bonchev–Trinajstić information content (AvgIpc) is 2.80. The number of urea groups is 1. The minimum absolute atomic E-state index is 0.569. The molecule has 4 rings (SSSR count). The Labute approximate surface area is 179 Å². The van der Waals surface area contributed by atoms with Gasteiger partial charge in [0, 0.05) is 37.6 Å². The van der Waals surface area contributed by atoms with Crippen molar-refractivity contribution >= 4 is 29.5 Å². The second-order valence-corrected chi connectivity index (χ2v) is 7.35. The third-order valence-corrected chi connectivity index (χ3v) is 5.71. The SMILES string of the molecule is COC(=O)/C=C/N1c2ccccc2-c2ccccc2C1C1C(=O)N(C)C(=O)N(C)C1=O. The van der Waals surface area contributed by atoms with Crippen LogP contribution in [0, 0.1) is 5.92 Å². The average molecular weight is 419 g/mol. The van der Waals surface area contributed by atoms with E-state index in [-0.39, 0.29) is 0 Å². The molecule has 2 aliphatic heterocycles. The lowest BCUT2D eigenvalue weighted by Crippen LogP contribution is -2.60. The van der Waals surface area contributed by atoms with Crippen molar-refractivity contribution in [2.45, 2.75) is 6.04 Å². The van der Waals surface area contributed by atoms with Gasteiger partial charge >= 0.3 is 12.0 Å². The maximum atomic E-state index is 13.2. The topological polar surface area (TPSA) is 87.2 Å². The fourth-order valence-electron chi connectivity index (χ4n) is 4.16. The molecule has 158 valence electrons. The smallest absolute Gasteiger partial charge is 0.332 e. The molecule has 2 aliphatic rings. The van der Waals surface area contributed by atoms with E-state index in [2.05, 4.69) is 0 Å². The zero-order valence-electron chi connectivity index (χ0n) is 17.3. The van der Waals surface area contributed by atoms with Crippen molar-refractivity contribution in [2.24, 2.45) is 5.92 Å². The number of carbonyl (C=O) groups excluding carboxylic acids is 4. The Morgan fingerprint density at radius 2 is 1.48 bits per heavy atom. The van der Waals surface area contributed by atoms with Crippen LogP contribution < -0.4 is 4.90 Å². The highest BCUT2D eigenvalue weighted by Gasteiger charge is 2.50. The lowest BCUT2D eigenvalue weighted by Gasteiger charge is -2.44. The lowest BCUT2D eigenvalue weighted by atomic mass is 9.80. The summed E-state index contributed by atoms with van der Waals surface area (Å²) in [4.78, 5) is 54.1. The van der Waals surface area contributed by atoms with Gasteiger partial charge in [-0.3, -0.25) is 19.4 Å². The zero-order valence-corrected chi connectivity index (χ0v) is 17.3. The van der Waals surface area contributed by atoms with Gasteiger partial charge in [0.1, 0.15) is 5.92 Å². The molecule has 2 aromatic rings. The molecule has 0 bridgehead atoms. The predicted molar refractivity (Wildman–Crippen MR) is 113 cm³/mol. The third kappa shape index (κ3) is 3.16. The monoisotopic (exact) mass is 419 g/mol. The third-order valence-electron chi connectivity index (χ3n) is 5.71. The number of hydrogen-bond donors (Lipinski definition) is 0. The summed E-state index contributed by atoms with van der Waals surface area (Å²) < 4.78 is 4.72. The second kappa shape index (κ2) is 7.71. The number of anilines is 1. The van der Waals surface area contributed by atoms with Crippen LogP contribution in [0.4, 0.5) is 10.5 Å². The van der Waals surface area contributed by atoms with E-state index in [0.717, 1.165) is 32.2 Å². The van der Waals surface area contributed by atoms with E-state index in [1.54, 1.807) is 4.90 Å². The first-order valence-corrected chi connectivity index (χ1v) is 9.68. The summed E-state index contributed by atoms with van der Waals surface area (Å²) in [6.45, 7) is 0. The molecular formula is C23H21N3O5. The Bertz CT molecular complexity index is 1100. The van der Waals surface area contributed by atoms with E-state index in [9.17, 15) is 19.2 Å². The predicted octanol–water partition coefficient (Wildman–Crippen LogP) is 2.57. The Morgan fingerprint density at radius 1 is 0.903 bits per heavy atom. The van der Waals surface area contributed by atoms with Gasteiger partial charge in [0.05, 0.1) is 13.2 Å². The number of nitrogens with zero attached hydrogens (tertiary/aromatic N) is 3. The number of esters is 1. The van der Waals surface area contributed by atoms with Gasteiger partial charge in [-0.15, -0.1) is 0 Å². The molecule has 1 fully saturated rings. The molecule has 1 atom stereocenters. The number of ether oxygens (including phenoxy) is 1. The van der Waals surface area contributed by atoms with Crippen LogP contribution >= 0.6 is 0 Å². The number of rotatable bonds is 3. The van der Waals surface area contributed by atoms with Crippen molar-refractivity contribution in [1.82, 2.24) is 9.80 Å². The van der Waals surface area contributed by atoms with E-state index < -0.39 is 35.8 Å². The van der Waals surface area contributed by atoms with Crippen LogP contribution in [0.15, 0.2) is 60.8 Å². The van der Waals surface area contributed by atoms with Gasteiger partial charge in [-0.2, -0.15) is 0 Å². The Morgan fingerprint density at radius 3 is 2.13 bits per heavy atom. The Kier molecular flexibility index (Phi) is 5.06. The zero-order chi connectivity index (χ0) is 22.3. The van der Waals surface area contributed by atoms with Gasteiger partial charge in [0.2, 0.25) is 11.8 Å². The number of imide groups is 2. The van der Waals surface area contributed by atoms with Gasteiger partial charge in [0.25, 0.3) is 0 Å². The molecule has 2 heterocycles. The molecule has 0 aromatic heterocycles. The Hall–Kier alpha value is -3.94. The summed E-state index contributed by atoms with van der Waals surface area (Å²) in [5.41, 5.74) is 3.26. The van der Waals surface area contributed by atoms with Crippen LogP contribution in [0.1, 0.15) is 11.6 Å². The maximum absolute atomic E-state index is 13.2. The molecule has 31 heavy (non-hydrogen) atoms. The van der Waals surface area contributed by atoms with E-state index in [0.29, 0.717) is 0 Å². The molecule has 0 spiro atoms. The first-order valence-electron chi connectivity index (χ1n) is 9.68. The van der Waals surface area contributed by atoms with Crippen molar-refractivity contribution in [3.05, 3.63) is 66.4 Å². The van der Waals surface area contributed by atoms with Crippen molar-refractivity contribution in [1.29, 1.82) is 0 Å². The number of methoxy groups -OCH3 is 1.